The quantitative estimate of drug-likeness (QED) is 0.674. The fraction of sp³-hybridized carbons (Fsp3) is 0.300. The van der Waals surface area contributed by atoms with Crippen LogP contribution in [-0.2, 0) is 4.79 Å². The number of hydrogen-bond acceptors (Lipinski definition) is 5. The average Bonchev–Trinajstić information content (AvgIpc) is 3.07. The second-order valence-corrected chi connectivity index (χ2v) is 7.18. The molecule has 3 rings (SSSR count). The molecule has 1 N–H and O–H groups in total. The third kappa shape index (κ3) is 4.39. The molecule has 0 saturated carbocycles. The van der Waals surface area contributed by atoms with Gasteiger partial charge in [0.2, 0.25) is 5.91 Å². The molecule has 1 aromatic heterocycles. The topological polar surface area (TPSA) is 54.5 Å². The number of para-hydroxylation sites is 1. The van der Waals surface area contributed by atoms with Gasteiger partial charge >= 0.3 is 0 Å². The van der Waals surface area contributed by atoms with E-state index in [0.29, 0.717) is 13.2 Å². The molecule has 0 fully saturated rings. The number of amides is 1. The molecule has 0 radical (unpaired) electrons. The lowest BCUT2D eigenvalue weighted by Crippen LogP contribution is -2.32. The largest absolute Gasteiger partial charge is 0.494 e. The smallest absolute Gasteiger partial charge is 0.238 e. The fourth-order valence-electron chi connectivity index (χ4n) is 2.62. The Balaban J connectivity index is 1.59. The predicted octanol–water partition coefficient (Wildman–Crippen LogP) is 4.33. The summed E-state index contributed by atoms with van der Waals surface area (Å²) in [5, 5.41) is 3.94. The summed E-state index contributed by atoms with van der Waals surface area (Å²) < 4.78 is 6.58. The maximum absolute atomic E-state index is 12.3. The maximum atomic E-state index is 12.3. The number of likely N-dealkylation sites (N-methyl/N-ethyl adjacent to an activating group) is 1. The number of aromatic nitrogens is 1. The highest BCUT2D eigenvalue weighted by molar-refractivity contribution is 7.18. The first kappa shape index (κ1) is 18.4. The molecule has 3 aromatic rings. The van der Waals surface area contributed by atoms with Gasteiger partial charge in [-0.25, -0.2) is 4.98 Å². The molecule has 0 unspecified atom stereocenters. The monoisotopic (exact) mass is 369 g/mol. The predicted molar refractivity (Wildman–Crippen MR) is 107 cm³/mol. The minimum Gasteiger partial charge on any atom is -0.494 e. The molecule has 0 bridgehead atoms. The van der Waals surface area contributed by atoms with Crippen molar-refractivity contribution in [3.05, 3.63) is 53.5 Å². The van der Waals surface area contributed by atoms with Crippen LogP contribution >= 0.6 is 11.3 Å². The summed E-state index contributed by atoms with van der Waals surface area (Å²) in [5.74, 6) is 0.747. The molecular formula is C20H23N3O2S. The number of nitrogens with zero attached hydrogens (tertiary/aromatic N) is 2. The Kier molecular flexibility index (Phi) is 5.85. The summed E-state index contributed by atoms with van der Waals surface area (Å²) in [6, 6.07) is 15.6. The lowest BCUT2D eigenvalue weighted by molar-refractivity contribution is -0.117. The van der Waals surface area contributed by atoms with Gasteiger partial charge in [0.05, 0.1) is 29.4 Å². The van der Waals surface area contributed by atoms with Crippen LogP contribution in [0.25, 0.3) is 10.2 Å². The molecule has 5 nitrogen and oxygen atoms in total. The van der Waals surface area contributed by atoms with Gasteiger partial charge in [-0.2, -0.15) is 0 Å². The third-order valence-corrected chi connectivity index (χ3v) is 5.38. The first-order valence-electron chi connectivity index (χ1n) is 8.65. The summed E-state index contributed by atoms with van der Waals surface area (Å²) in [6.07, 6.45) is 0. The van der Waals surface area contributed by atoms with Crippen molar-refractivity contribution < 1.29 is 9.53 Å². The highest BCUT2D eigenvalue weighted by Gasteiger charge is 2.18. The summed E-state index contributed by atoms with van der Waals surface area (Å²) in [4.78, 5) is 19.0. The fourth-order valence-corrected chi connectivity index (χ4v) is 3.71. The summed E-state index contributed by atoms with van der Waals surface area (Å²) in [6.45, 7) is 4.93. The number of rotatable bonds is 7. The number of fused-ring (bicyclic) bond motifs is 1. The van der Waals surface area contributed by atoms with Crippen molar-refractivity contribution in [2.45, 2.75) is 19.9 Å². The molecule has 26 heavy (non-hydrogen) atoms. The van der Waals surface area contributed by atoms with Crippen LogP contribution in [0, 0.1) is 0 Å². The molecule has 0 aliphatic heterocycles. The zero-order valence-corrected chi connectivity index (χ0v) is 16.0. The average molecular weight is 369 g/mol. The Morgan fingerprint density at radius 3 is 2.65 bits per heavy atom. The molecule has 6 heteroatoms. The van der Waals surface area contributed by atoms with Crippen LogP contribution in [-0.4, -0.2) is 36.0 Å². The first-order chi connectivity index (χ1) is 12.6. The third-order valence-electron chi connectivity index (χ3n) is 4.17. The lowest BCUT2D eigenvalue weighted by Gasteiger charge is -2.22. The second-order valence-electron chi connectivity index (χ2n) is 6.12. The number of ether oxygens (including phenoxy) is 1. The minimum atomic E-state index is -0.0513. The number of thiazole rings is 1. The van der Waals surface area contributed by atoms with Gasteiger partial charge in [0.15, 0.2) is 0 Å². The van der Waals surface area contributed by atoms with Crippen LogP contribution in [0.3, 0.4) is 0 Å². The second kappa shape index (κ2) is 8.29. The zero-order valence-electron chi connectivity index (χ0n) is 15.2. The van der Waals surface area contributed by atoms with Crippen LogP contribution in [0.4, 0.5) is 5.69 Å². The zero-order chi connectivity index (χ0) is 18.5. The van der Waals surface area contributed by atoms with E-state index in [1.165, 1.54) is 4.70 Å². The van der Waals surface area contributed by atoms with Gasteiger partial charge in [0, 0.05) is 5.69 Å². The molecule has 136 valence electrons. The standard InChI is InChI=1S/C20H23N3O2S/c1-4-25-16-11-9-15(10-12-16)21-19(24)13-23(3)14(2)20-22-17-7-5-6-8-18(17)26-20/h5-12,14H,4,13H2,1-3H3,(H,21,24)/t14-/m0/s1. The van der Waals surface area contributed by atoms with Gasteiger partial charge in [0.25, 0.3) is 0 Å². The van der Waals surface area contributed by atoms with Gasteiger partial charge in [-0.05, 0) is 57.3 Å². The molecule has 0 spiro atoms. The van der Waals surface area contributed by atoms with E-state index in [2.05, 4.69) is 23.3 Å². The van der Waals surface area contributed by atoms with Crippen molar-refractivity contribution >= 4 is 33.1 Å². The number of nitrogens with one attached hydrogen (secondary N) is 1. The molecule has 1 heterocycles. The van der Waals surface area contributed by atoms with Gasteiger partial charge < -0.3 is 10.1 Å². The van der Waals surface area contributed by atoms with Crippen molar-refractivity contribution in [3.63, 3.8) is 0 Å². The Labute approximate surface area is 157 Å². The van der Waals surface area contributed by atoms with Crippen molar-refractivity contribution in [2.24, 2.45) is 0 Å². The summed E-state index contributed by atoms with van der Waals surface area (Å²) in [7, 11) is 1.94. The molecule has 0 aliphatic rings. The summed E-state index contributed by atoms with van der Waals surface area (Å²) in [5.41, 5.74) is 1.77. The number of carbonyl (C=O) groups is 1. The Hall–Kier alpha value is -2.44. The van der Waals surface area contributed by atoms with E-state index in [1.807, 2.05) is 61.3 Å². The molecule has 0 saturated heterocycles. The van der Waals surface area contributed by atoms with Crippen LogP contribution in [0.1, 0.15) is 24.9 Å². The van der Waals surface area contributed by atoms with E-state index in [4.69, 9.17) is 4.74 Å². The van der Waals surface area contributed by atoms with E-state index in [-0.39, 0.29) is 11.9 Å². The number of anilines is 1. The number of hydrogen-bond donors (Lipinski definition) is 1. The normalized spacial score (nSPS) is 12.3. The summed E-state index contributed by atoms with van der Waals surface area (Å²) >= 11 is 1.67. The van der Waals surface area contributed by atoms with E-state index in [9.17, 15) is 4.79 Å². The minimum absolute atomic E-state index is 0.0513. The Morgan fingerprint density at radius 2 is 1.96 bits per heavy atom. The molecular weight excluding hydrogens is 346 g/mol. The van der Waals surface area contributed by atoms with Crippen LogP contribution in [0.5, 0.6) is 5.75 Å². The van der Waals surface area contributed by atoms with Crippen molar-refractivity contribution in [3.8, 4) is 5.75 Å². The lowest BCUT2D eigenvalue weighted by atomic mass is 10.3. The van der Waals surface area contributed by atoms with E-state index >= 15 is 0 Å². The molecule has 1 atom stereocenters. The van der Waals surface area contributed by atoms with Crippen LogP contribution in [0.2, 0.25) is 0 Å². The van der Waals surface area contributed by atoms with E-state index in [1.54, 1.807) is 11.3 Å². The van der Waals surface area contributed by atoms with Gasteiger partial charge in [-0.3, -0.25) is 9.69 Å². The highest BCUT2D eigenvalue weighted by Crippen LogP contribution is 2.28. The van der Waals surface area contributed by atoms with Crippen molar-refractivity contribution in [1.82, 2.24) is 9.88 Å². The maximum Gasteiger partial charge on any atom is 0.238 e. The van der Waals surface area contributed by atoms with Crippen LogP contribution < -0.4 is 10.1 Å². The molecule has 2 aromatic carbocycles. The van der Waals surface area contributed by atoms with E-state index in [0.717, 1.165) is 22.0 Å². The van der Waals surface area contributed by atoms with Gasteiger partial charge in [-0.15, -0.1) is 11.3 Å². The van der Waals surface area contributed by atoms with E-state index < -0.39 is 0 Å². The number of carbonyl (C=O) groups excluding carboxylic acids is 1. The molecule has 1 amide bonds. The molecule has 0 aliphatic carbocycles. The van der Waals surface area contributed by atoms with Crippen molar-refractivity contribution in [1.29, 1.82) is 0 Å². The Bertz CT molecular complexity index is 843. The first-order valence-corrected chi connectivity index (χ1v) is 9.47. The van der Waals surface area contributed by atoms with Gasteiger partial charge in [-0.1, -0.05) is 12.1 Å². The number of benzene rings is 2. The van der Waals surface area contributed by atoms with Crippen LogP contribution in [0.15, 0.2) is 48.5 Å². The van der Waals surface area contributed by atoms with Crippen molar-refractivity contribution in [2.75, 3.05) is 25.5 Å². The van der Waals surface area contributed by atoms with Gasteiger partial charge in [0.1, 0.15) is 10.8 Å². The SMILES string of the molecule is CCOc1ccc(NC(=O)CN(C)[C@@H](C)c2nc3ccccc3s2)cc1. The Morgan fingerprint density at radius 1 is 1.23 bits per heavy atom. The highest BCUT2D eigenvalue weighted by atomic mass is 32.1.